The van der Waals surface area contributed by atoms with Crippen molar-refractivity contribution in [1.29, 1.82) is 0 Å². The van der Waals surface area contributed by atoms with Crippen LogP contribution in [0.5, 0.6) is 5.75 Å². The molecule has 0 fully saturated rings. The Labute approximate surface area is 111 Å². The molecule has 3 heteroatoms. The molecule has 0 aliphatic heterocycles. The van der Waals surface area contributed by atoms with E-state index < -0.39 is 0 Å². The average Bonchev–Trinajstić information content (AvgIpc) is 2.29. The van der Waals surface area contributed by atoms with Gasteiger partial charge in [-0.1, -0.05) is 12.1 Å². The lowest BCUT2D eigenvalue weighted by Gasteiger charge is -2.21. The first-order valence-electron chi connectivity index (χ1n) is 6.66. The first-order valence-corrected chi connectivity index (χ1v) is 6.66. The zero-order chi connectivity index (χ0) is 13.5. The van der Waals surface area contributed by atoms with Crippen LogP contribution in [0.2, 0.25) is 0 Å². The summed E-state index contributed by atoms with van der Waals surface area (Å²) in [6.07, 6.45) is 2.15. The molecule has 0 aromatic heterocycles. The highest BCUT2D eigenvalue weighted by atomic mass is 16.3. The first-order chi connectivity index (χ1) is 8.47. The second-order valence-corrected chi connectivity index (χ2v) is 5.43. The van der Waals surface area contributed by atoms with Gasteiger partial charge in [0.2, 0.25) is 0 Å². The maximum atomic E-state index is 9.24. The Bertz CT molecular complexity index is 335. The Morgan fingerprint density at radius 2 is 1.72 bits per heavy atom. The molecule has 0 bridgehead atoms. The van der Waals surface area contributed by atoms with Gasteiger partial charge in [-0.05, 0) is 65.0 Å². The van der Waals surface area contributed by atoms with Crippen molar-refractivity contribution in [3.63, 3.8) is 0 Å². The smallest absolute Gasteiger partial charge is 0.115 e. The van der Waals surface area contributed by atoms with Crippen LogP contribution < -0.4 is 5.32 Å². The van der Waals surface area contributed by atoms with Gasteiger partial charge in [0.05, 0.1) is 0 Å². The lowest BCUT2D eigenvalue weighted by atomic mass is 10.1. The Morgan fingerprint density at radius 3 is 2.28 bits per heavy atom. The number of hydrogen-bond donors (Lipinski definition) is 2. The fourth-order valence-electron chi connectivity index (χ4n) is 2.07. The van der Waals surface area contributed by atoms with Gasteiger partial charge in [0.15, 0.2) is 0 Å². The van der Waals surface area contributed by atoms with E-state index in [0.29, 0.717) is 17.8 Å². The number of hydrogen-bond acceptors (Lipinski definition) is 3. The molecule has 0 saturated carbocycles. The molecular weight excluding hydrogens is 224 g/mol. The summed E-state index contributed by atoms with van der Waals surface area (Å²) in [6, 6.07) is 8.44. The molecule has 1 aromatic carbocycles. The summed E-state index contributed by atoms with van der Waals surface area (Å²) in [6.45, 7) is 5.55. The van der Waals surface area contributed by atoms with Gasteiger partial charge in [-0.3, -0.25) is 0 Å². The first kappa shape index (κ1) is 15.0. The predicted molar refractivity (Wildman–Crippen MR) is 77.0 cm³/mol. The molecule has 0 aliphatic carbocycles. The van der Waals surface area contributed by atoms with E-state index in [1.807, 2.05) is 12.1 Å². The number of benzene rings is 1. The minimum Gasteiger partial charge on any atom is -0.508 e. The molecule has 102 valence electrons. The van der Waals surface area contributed by atoms with E-state index in [4.69, 9.17) is 0 Å². The number of nitrogens with one attached hydrogen (secondary N) is 1. The van der Waals surface area contributed by atoms with E-state index in [2.05, 4.69) is 38.2 Å². The van der Waals surface area contributed by atoms with Gasteiger partial charge in [0.25, 0.3) is 0 Å². The van der Waals surface area contributed by atoms with Crippen molar-refractivity contribution < 1.29 is 5.11 Å². The molecule has 0 heterocycles. The third-order valence-electron chi connectivity index (χ3n) is 3.06. The summed E-state index contributed by atoms with van der Waals surface area (Å²) in [7, 11) is 4.21. The van der Waals surface area contributed by atoms with Gasteiger partial charge in [-0.2, -0.15) is 0 Å². The van der Waals surface area contributed by atoms with E-state index in [-0.39, 0.29) is 0 Å². The van der Waals surface area contributed by atoms with Crippen LogP contribution in [0.4, 0.5) is 0 Å². The second kappa shape index (κ2) is 7.39. The number of rotatable bonds is 7. The van der Waals surface area contributed by atoms with E-state index in [9.17, 15) is 5.11 Å². The molecule has 2 N–H and O–H groups in total. The van der Waals surface area contributed by atoms with Gasteiger partial charge < -0.3 is 15.3 Å². The van der Waals surface area contributed by atoms with Crippen LogP contribution in [-0.2, 0) is 6.42 Å². The second-order valence-electron chi connectivity index (χ2n) is 5.43. The lowest BCUT2D eigenvalue weighted by molar-refractivity contribution is 0.352. The molecule has 0 radical (unpaired) electrons. The van der Waals surface area contributed by atoms with Gasteiger partial charge in [0, 0.05) is 12.1 Å². The molecular formula is C15H26N2O. The highest BCUT2D eigenvalue weighted by molar-refractivity contribution is 5.26. The summed E-state index contributed by atoms with van der Waals surface area (Å²) in [5.41, 5.74) is 1.26. The summed E-state index contributed by atoms with van der Waals surface area (Å²) >= 11 is 0. The lowest BCUT2D eigenvalue weighted by Crippen LogP contribution is -2.37. The van der Waals surface area contributed by atoms with Gasteiger partial charge in [0.1, 0.15) is 5.75 Å². The highest BCUT2D eigenvalue weighted by Crippen LogP contribution is 2.11. The minimum atomic E-state index is 0.332. The van der Waals surface area contributed by atoms with Crippen LogP contribution in [0.15, 0.2) is 24.3 Å². The number of phenols is 1. The Kier molecular flexibility index (Phi) is 6.16. The molecule has 0 saturated heterocycles. The molecule has 2 atom stereocenters. The number of nitrogens with zero attached hydrogens (tertiary/aromatic N) is 1. The normalized spacial score (nSPS) is 14.7. The summed E-state index contributed by atoms with van der Waals surface area (Å²) in [5, 5.41) is 12.8. The van der Waals surface area contributed by atoms with E-state index in [1.165, 1.54) is 5.56 Å². The number of aromatic hydroxyl groups is 1. The maximum absolute atomic E-state index is 9.24. The minimum absolute atomic E-state index is 0.332. The Balaban J connectivity index is 2.32. The van der Waals surface area contributed by atoms with Gasteiger partial charge in [-0.15, -0.1) is 0 Å². The Morgan fingerprint density at radius 1 is 1.11 bits per heavy atom. The molecule has 3 nitrogen and oxygen atoms in total. The third-order valence-corrected chi connectivity index (χ3v) is 3.06. The van der Waals surface area contributed by atoms with Crippen LogP contribution in [0.3, 0.4) is 0 Å². The van der Waals surface area contributed by atoms with Crippen molar-refractivity contribution in [2.24, 2.45) is 0 Å². The van der Waals surface area contributed by atoms with Crippen molar-refractivity contribution in [2.75, 3.05) is 20.6 Å². The summed E-state index contributed by atoms with van der Waals surface area (Å²) in [5.74, 6) is 0.332. The fourth-order valence-corrected chi connectivity index (χ4v) is 2.07. The molecule has 2 unspecified atom stereocenters. The molecule has 1 rings (SSSR count). The zero-order valence-corrected chi connectivity index (χ0v) is 12.0. The molecule has 0 amide bonds. The standard InChI is InChI=1S/C15H26N2O/c1-12(9-10-17(3)4)16-13(2)11-14-5-7-15(18)8-6-14/h5-8,12-13,16,18H,9-11H2,1-4H3. The van der Waals surface area contributed by atoms with Crippen molar-refractivity contribution in [3.8, 4) is 5.75 Å². The molecule has 1 aromatic rings. The number of phenolic OH excluding ortho intramolecular Hbond substituents is 1. The van der Waals surface area contributed by atoms with E-state index in [0.717, 1.165) is 19.4 Å². The summed E-state index contributed by atoms with van der Waals surface area (Å²) in [4.78, 5) is 2.21. The van der Waals surface area contributed by atoms with Crippen LogP contribution in [0, 0.1) is 0 Å². The van der Waals surface area contributed by atoms with Crippen molar-refractivity contribution in [3.05, 3.63) is 29.8 Å². The molecule has 0 aliphatic rings. The monoisotopic (exact) mass is 250 g/mol. The van der Waals surface area contributed by atoms with Crippen molar-refractivity contribution >= 4 is 0 Å². The molecule has 0 spiro atoms. The molecule has 18 heavy (non-hydrogen) atoms. The summed E-state index contributed by atoms with van der Waals surface area (Å²) < 4.78 is 0. The topological polar surface area (TPSA) is 35.5 Å². The van der Waals surface area contributed by atoms with Crippen LogP contribution in [0.1, 0.15) is 25.8 Å². The van der Waals surface area contributed by atoms with Crippen molar-refractivity contribution in [2.45, 2.75) is 38.8 Å². The van der Waals surface area contributed by atoms with E-state index >= 15 is 0 Å². The van der Waals surface area contributed by atoms with Crippen LogP contribution >= 0.6 is 0 Å². The van der Waals surface area contributed by atoms with Gasteiger partial charge >= 0.3 is 0 Å². The van der Waals surface area contributed by atoms with Crippen LogP contribution in [-0.4, -0.2) is 42.7 Å². The highest BCUT2D eigenvalue weighted by Gasteiger charge is 2.08. The zero-order valence-electron chi connectivity index (χ0n) is 12.0. The maximum Gasteiger partial charge on any atom is 0.115 e. The quantitative estimate of drug-likeness (QED) is 0.779. The van der Waals surface area contributed by atoms with E-state index in [1.54, 1.807) is 12.1 Å². The third kappa shape index (κ3) is 6.03. The van der Waals surface area contributed by atoms with Gasteiger partial charge in [-0.25, -0.2) is 0 Å². The van der Waals surface area contributed by atoms with Crippen LogP contribution in [0.25, 0.3) is 0 Å². The predicted octanol–water partition coefficient (Wildman–Crippen LogP) is 2.25. The largest absolute Gasteiger partial charge is 0.508 e. The SMILES string of the molecule is CC(CCN(C)C)NC(C)Cc1ccc(O)cc1. The average molecular weight is 250 g/mol. The fraction of sp³-hybridized carbons (Fsp3) is 0.600. The Hall–Kier alpha value is -1.06. The van der Waals surface area contributed by atoms with Crippen molar-refractivity contribution in [1.82, 2.24) is 10.2 Å².